The minimum absolute atomic E-state index is 0.135. The van der Waals surface area contributed by atoms with E-state index in [9.17, 15) is 9.90 Å². The molecule has 0 aliphatic carbocycles. The van der Waals surface area contributed by atoms with Crippen molar-refractivity contribution in [1.29, 1.82) is 5.26 Å². The third-order valence-corrected chi connectivity index (χ3v) is 3.70. The summed E-state index contributed by atoms with van der Waals surface area (Å²) in [6.45, 7) is 3.36. The highest BCUT2D eigenvalue weighted by Gasteiger charge is 2.10. The fourth-order valence-electron chi connectivity index (χ4n) is 2.28. The normalized spacial score (nSPS) is 11.7. The SMILES string of the molecule is CC(CNCCC(=O)Nc1cccc(C#N)c1O)c1cnn(C)c1. The fraction of sp³-hybridized carbons (Fsp3) is 0.353. The van der Waals surface area contributed by atoms with Crippen LogP contribution in [0.25, 0.3) is 0 Å². The summed E-state index contributed by atoms with van der Waals surface area (Å²) in [5.74, 6) is -0.119. The number of hydrogen-bond acceptors (Lipinski definition) is 5. The predicted molar refractivity (Wildman–Crippen MR) is 90.6 cm³/mol. The van der Waals surface area contributed by atoms with E-state index in [2.05, 4.69) is 22.7 Å². The molecule has 2 aromatic rings. The molecule has 0 aliphatic rings. The minimum atomic E-state index is -0.220. The zero-order valence-corrected chi connectivity index (χ0v) is 13.8. The van der Waals surface area contributed by atoms with Crippen LogP contribution in [0.3, 0.4) is 0 Å². The molecule has 1 atom stereocenters. The molecular weight excluding hydrogens is 306 g/mol. The number of hydrogen-bond donors (Lipinski definition) is 3. The molecule has 0 spiro atoms. The fourth-order valence-corrected chi connectivity index (χ4v) is 2.28. The monoisotopic (exact) mass is 327 g/mol. The second kappa shape index (κ2) is 8.13. The molecule has 1 aromatic heterocycles. The molecule has 0 saturated carbocycles. The van der Waals surface area contributed by atoms with E-state index in [1.807, 2.05) is 25.5 Å². The van der Waals surface area contributed by atoms with Crippen molar-refractivity contribution in [2.24, 2.45) is 7.05 Å². The molecule has 0 radical (unpaired) electrons. The summed E-state index contributed by atoms with van der Waals surface area (Å²) < 4.78 is 1.76. The average Bonchev–Trinajstić information content (AvgIpc) is 3.00. The van der Waals surface area contributed by atoms with Crippen LogP contribution in [-0.2, 0) is 11.8 Å². The number of aromatic nitrogens is 2. The van der Waals surface area contributed by atoms with Gasteiger partial charge in [0.05, 0.1) is 17.4 Å². The Balaban J connectivity index is 1.75. The van der Waals surface area contributed by atoms with Crippen LogP contribution in [0.2, 0.25) is 0 Å². The lowest BCUT2D eigenvalue weighted by atomic mass is 10.1. The summed E-state index contributed by atoms with van der Waals surface area (Å²) in [5.41, 5.74) is 1.53. The number of nitriles is 1. The number of carbonyl (C=O) groups is 1. The topological polar surface area (TPSA) is 103 Å². The molecule has 0 saturated heterocycles. The van der Waals surface area contributed by atoms with Gasteiger partial charge in [0.15, 0.2) is 5.75 Å². The molecule has 24 heavy (non-hydrogen) atoms. The van der Waals surface area contributed by atoms with Crippen LogP contribution >= 0.6 is 0 Å². The molecule has 0 aliphatic heterocycles. The summed E-state index contributed by atoms with van der Waals surface area (Å²) >= 11 is 0. The van der Waals surface area contributed by atoms with Crippen LogP contribution in [0.15, 0.2) is 30.6 Å². The van der Waals surface area contributed by atoms with Crippen molar-refractivity contribution >= 4 is 11.6 Å². The Morgan fingerprint density at radius 2 is 2.29 bits per heavy atom. The van der Waals surface area contributed by atoms with Crippen molar-refractivity contribution in [3.63, 3.8) is 0 Å². The van der Waals surface area contributed by atoms with E-state index in [4.69, 9.17) is 5.26 Å². The summed E-state index contributed by atoms with van der Waals surface area (Å²) in [6, 6.07) is 6.54. The highest BCUT2D eigenvalue weighted by Crippen LogP contribution is 2.26. The van der Waals surface area contributed by atoms with Gasteiger partial charge < -0.3 is 15.7 Å². The number of phenols is 1. The van der Waals surface area contributed by atoms with E-state index in [1.165, 1.54) is 6.07 Å². The van der Waals surface area contributed by atoms with Crippen molar-refractivity contribution in [2.75, 3.05) is 18.4 Å². The summed E-state index contributed by atoms with van der Waals surface area (Å²) in [7, 11) is 1.88. The molecule has 1 amide bonds. The van der Waals surface area contributed by atoms with E-state index in [-0.39, 0.29) is 29.3 Å². The van der Waals surface area contributed by atoms with E-state index in [0.29, 0.717) is 12.5 Å². The standard InChI is InChI=1S/C17H21N5O2/c1-12(14-10-20-22(2)11-14)9-19-7-6-16(23)21-15-5-3-4-13(8-18)17(15)24/h3-5,10-12,19,24H,6-7,9H2,1-2H3,(H,21,23). The number of phenolic OH excluding ortho intramolecular Hbond substituents is 1. The second-order valence-electron chi connectivity index (χ2n) is 5.66. The van der Waals surface area contributed by atoms with Crippen LogP contribution in [0.1, 0.15) is 30.4 Å². The molecule has 1 unspecified atom stereocenters. The maximum absolute atomic E-state index is 11.9. The second-order valence-corrected chi connectivity index (χ2v) is 5.66. The Hall–Kier alpha value is -2.85. The third-order valence-electron chi connectivity index (χ3n) is 3.70. The Kier molecular flexibility index (Phi) is 5.93. The zero-order chi connectivity index (χ0) is 17.5. The lowest BCUT2D eigenvalue weighted by Crippen LogP contribution is -2.25. The maximum Gasteiger partial charge on any atom is 0.225 e. The van der Waals surface area contributed by atoms with Crippen molar-refractivity contribution in [3.8, 4) is 11.8 Å². The van der Waals surface area contributed by atoms with Crippen molar-refractivity contribution in [2.45, 2.75) is 19.3 Å². The Morgan fingerprint density at radius 3 is 2.96 bits per heavy atom. The molecule has 0 fully saturated rings. The molecule has 1 aromatic carbocycles. The summed E-state index contributed by atoms with van der Waals surface area (Å²) in [5, 5.41) is 28.7. The molecule has 1 heterocycles. The molecule has 0 bridgehead atoms. The average molecular weight is 327 g/mol. The lowest BCUT2D eigenvalue weighted by molar-refractivity contribution is -0.116. The van der Waals surface area contributed by atoms with Crippen molar-refractivity contribution < 1.29 is 9.90 Å². The summed E-state index contributed by atoms with van der Waals surface area (Å²) in [6.07, 6.45) is 4.09. The predicted octanol–water partition coefficient (Wildman–Crippen LogP) is 1.72. The van der Waals surface area contributed by atoms with Gasteiger partial charge in [-0.25, -0.2) is 0 Å². The van der Waals surface area contributed by atoms with Gasteiger partial charge in [-0.1, -0.05) is 13.0 Å². The van der Waals surface area contributed by atoms with Crippen molar-refractivity contribution in [3.05, 3.63) is 41.7 Å². The molecule has 3 N–H and O–H groups in total. The zero-order valence-electron chi connectivity index (χ0n) is 13.8. The number of rotatable bonds is 7. The first kappa shape index (κ1) is 17.5. The number of carbonyl (C=O) groups excluding carboxylic acids is 1. The van der Waals surface area contributed by atoms with Crippen molar-refractivity contribution in [1.82, 2.24) is 15.1 Å². The smallest absolute Gasteiger partial charge is 0.225 e. The summed E-state index contributed by atoms with van der Waals surface area (Å²) in [4.78, 5) is 11.9. The van der Waals surface area contributed by atoms with Gasteiger partial charge in [-0.15, -0.1) is 0 Å². The number of aromatic hydroxyl groups is 1. The number of anilines is 1. The number of para-hydroxylation sites is 1. The number of amides is 1. The molecular formula is C17H21N5O2. The van der Waals surface area contributed by atoms with E-state index >= 15 is 0 Å². The third kappa shape index (κ3) is 4.57. The van der Waals surface area contributed by atoms with Gasteiger partial charge in [0.2, 0.25) is 5.91 Å². The van der Waals surface area contributed by atoms with Gasteiger partial charge in [-0.05, 0) is 23.6 Å². The molecule has 7 nitrogen and oxygen atoms in total. The first-order chi connectivity index (χ1) is 11.5. The Bertz CT molecular complexity index is 748. The van der Waals surface area contributed by atoms with Gasteiger partial charge in [0, 0.05) is 32.8 Å². The quantitative estimate of drug-likeness (QED) is 0.531. The molecule has 2 rings (SSSR count). The number of aryl methyl sites for hydroxylation is 1. The highest BCUT2D eigenvalue weighted by molar-refractivity contribution is 5.92. The lowest BCUT2D eigenvalue weighted by Gasteiger charge is -2.11. The largest absolute Gasteiger partial charge is 0.504 e. The number of nitrogens with one attached hydrogen (secondary N) is 2. The van der Waals surface area contributed by atoms with Gasteiger partial charge >= 0.3 is 0 Å². The maximum atomic E-state index is 11.9. The molecule has 126 valence electrons. The number of nitrogens with zero attached hydrogens (tertiary/aromatic N) is 3. The van der Waals surface area contributed by atoms with Gasteiger partial charge in [0.1, 0.15) is 6.07 Å². The first-order valence-corrected chi connectivity index (χ1v) is 7.72. The van der Waals surface area contributed by atoms with Gasteiger partial charge in [-0.2, -0.15) is 10.4 Å². The number of benzene rings is 1. The Labute approximate surface area is 140 Å². The Morgan fingerprint density at radius 1 is 1.50 bits per heavy atom. The minimum Gasteiger partial charge on any atom is -0.504 e. The van der Waals surface area contributed by atoms with Crippen LogP contribution in [0, 0.1) is 11.3 Å². The van der Waals surface area contributed by atoms with Gasteiger partial charge in [0.25, 0.3) is 0 Å². The van der Waals surface area contributed by atoms with Crippen LogP contribution in [0.5, 0.6) is 5.75 Å². The molecule has 7 heteroatoms. The first-order valence-electron chi connectivity index (χ1n) is 7.72. The van der Waals surface area contributed by atoms with E-state index in [0.717, 1.165) is 12.1 Å². The highest BCUT2D eigenvalue weighted by atomic mass is 16.3. The van der Waals surface area contributed by atoms with Crippen LogP contribution < -0.4 is 10.6 Å². The van der Waals surface area contributed by atoms with Crippen LogP contribution in [-0.4, -0.2) is 33.9 Å². The van der Waals surface area contributed by atoms with Gasteiger partial charge in [-0.3, -0.25) is 9.48 Å². The van der Waals surface area contributed by atoms with E-state index < -0.39 is 0 Å². The van der Waals surface area contributed by atoms with Crippen LogP contribution in [0.4, 0.5) is 5.69 Å². The van der Waals surface area contributed by atoms with E-state index in [1.54, 1.807) is 16.8 Å².